The van der Waals surface area contributed by atoms with Gasteiger partial charge in [-0.2, -0.15) is 0 Å². The van der Waals surface area contributed by atoms with Gasteiger partial charge in [0.25, 0.3) is 0 Å². The highest BCUT2D eigenvalue weighted by molar-refractivity contribution is 9.09. The largest absolute Gasteiger partial charge is 0.465 e. The molecule has 1 aromatic rings. The Morgan fingerprint density at radius 1 is 1.17 bits per heavy atom. The van der Waals surface area contributed by atoms with Gasteiger partial charge in [-0.05, 0) is 44.4 Å². The summed E-state index contributed by atoms with van der Waals surface area (Å²) in [7, 11) is 0. The predicted molar refractivity (Wildman–Crippen MR) is 98.4 cm³/mol. The highest BCUT2D eigenvalue weighted by Crippen LogP contribution is 2.32. The lowest BCUT2D eigenvalue weighted by atomic mass is 9.78. The molecule has 0 saturated carbocycles. The Morgan fingerprint density at radius 2 is 1.79 bits per heavy atom. The minimum absolute atomic E-state index is 0.165. The maximum atomic E-state index is 12.7. The molecule has 1 aromatic carbocycles. The summed E-state index contributed by atoms with van der Waals surface area (Å²) in [5.41, 5.74) is -0.647. The van der Waals surface area contributed by atoms with Gasteiger partial charge in [0, 0.05) is 10.4 Å². The van der Waals surface area contributed by atoms with E-state index in [0.29, 0.717) is 10.4 Å². The van der Waals surface area contributed by atoms with Crippen molar-refractivity contribution in [3.63, 3.8) is 0 Å². The molecular weight excluding hydrogens is 396 g/mol. The second-order valence-corrected chi connectivity index (χ2v) is 6.24. The van der Waals surface area contributed by atoms with Crippen molar-refractivity contribution < 1.29 is 19.1 Å². The van der Waals surface area contributed by atoms with Crippen LogP contribution in [0.15, 0.2) is 36.4 Å². The Labute approximate surface area is 156 Å². The molecule has 0 aliphatic heterocycles. The smallest absolute Gasteiger partial charge is 0.324 e. The highest BCUT2D eigenvalue weighted by atomic mass is 79.9. The van der Waals surface area contributed by atoms with E-state index in [1.54, 1.807) is 38.1 Å². The van der Waals surface area contributed by atoms with Gasteiger partial charge in [0.05, 0.1) is 13.2 Å². The molecule has 0 heterocycles. The molecule has 4 nitrogen and oxygen atoms in total. The van der Waals surface area contributed by atoms with E-state index < -0.39 is 17.4 Å². The lowest BCUT2D eigenvalue weighted by Gasteiger charge is -2.28. The fraction of sp³-hybridized carbons (Fsp3) is 0.444. The van der Waals surface area contributed by atoms with Crippen LogP contribution in [-0.4, -0.2) is 30.5 Å². The lowest BCUT2D eigenvalue weighted by molar-refractivity contribution is -0.171. The number of ether oxygens (including phenoxy) is 2. The van der Waals surface area contributed by atoms with Crippen molar-refractivity contribution >= 4 is 39.5 Å². The van der Waals surface area contributed by atoms with Gasteiger partial charge in [-0.3, -0.25) is 9.59 Å². The van der Waals surface area contributed by atoms with Gasteiger partial charge in [0.15, 0.2) is 5.41 Å². The summed E-state index contributed by atoms with van der Waals surface area (Å²) in [5.74, 6) is -1.16. The van der Waals surface area contributed by atoms with Crippen LogP contribution in [0.2, 0.25) is 5.02 Å². The van der Waals surface area contributed by atoms with Gasteiger partial charge < -0.3 is 9.47 Å². The van der Waals surface area contributed by atoms with Crippen molar-refractivity contribution in [3.05, 3.63) is 47.0 Å². The second-order valence-electron chi connectivity index (χ2n) is 5.16. The second kappa shape index (κ2) is 10.5. The van der Waals surface area contributed by atoms with E-state index >= 15 is 0 Å². The number of carbonyl (C=O) groups excluding carboxylic acids is 2. The normalized spacial score (nSPS) is 11.5. The summed E-state index contributed by atoms with van der Waals surface area (Å²) in [6, 6.07) is 7.09. The van der Waals surface area contributed by atoms with E-state index in [1.165, 1.54) is 0 Å². The molecule has 0 spiro atoms. The van der Waals surface area contributed by atoms with E-state index in [9.17, 15) is 9.59 Å². The monoisotopic (exact) mass is 416 g/mol. The van der Waals surface area contributed by atoms with Crippen molar-refractivity contribution in [1.82, 2.24) is 0 Å². The van der Waals surface area contributed by atoms with E-state index in [-0.39, 0.29) is 26.1 Å². The predicted octanol–water partition coefficient (Wildman–Crippen LogP) is 4.34. The van der Waals surface area contributed by atoms with Crippen LogP contribution in [-0.2, 0) is 25.5 Å². The molecule has 0 saturated heterocycles. The average molecular weight is 418 g/mol. The molecule has 0 unspecified atom stereocenters. The third-order valence-corrected chi connectivity index (χ3v) is 4.06. The summed E-state index contributed by atoms with van der Waals surface area (Å²) in [6.07, 6.45) is 3.99. The Balaban J connectivity index is 3.28. The van der Waals surface area contributed by atoms with Crippen LogP contribution in [0.4, 0.5) is 0 Å². The highest BCUT2D eigenvalue weighted by Gasteiger charge is 2.48. The van der Waals surface area contributed by atoms with Crippen LogP contribution in [0.5, 0.6) is 0 Å². The molecule has 0 radical (unpaired) electrons. The van der Waals surface area contributed by atoms with Crippen LogP contribution in [0.3, 0.4) is 0 Å². The lowest BCUT2D eigenvalue weighted by Crippen LogP contribution is -2.43. The summed E-state index contributed by atoms with van der Waals surface area (Å²) in [4.78, 5) is 25.3. The quantitative estimate of drug-likeness (QED) is 0.260. The van der Waals surface area contributed by atoms with Crippen molar-refractivity contribution in [1.29, 1.82) is 0 Å². The number of hydrogen-bond acceptors (Lipinski definition) is 4. The number of benzene rings is 1. The van der Waals surface area contributed by atoms with Crippen LogP contribution in [0.25, 0.3) is 0 Å². The number of alkyl halides is 1. The van der Waals surface area contributed by atoms with Gasteiger partial charge in [0.1, 0.15) is 0 Å². The maximum Gasteiger partial charge on any atom is 0.324 e. The first-order chi connectivity index (χ1) is 11.5. The SMILES string of the molecule is CCOC(=O)C(C/C=C\CBr)(Cc1cccc(Cl)c1)C(=O)OCC. The molecule has 6 heteroatoms. The van der Waals surface area contributed by atoms with Crippen molar-refractivity contribution in [3.8, 4) is 0 Å². The van der Waals surface area contributed by atoms with Gasteiger partial charge in [-0.25, -0.2) is 0 Å². The van der Waals surface area contributed by atoms with E-state index in [2.05, 4.69) is 15.9 Å². The molecule has 0 fully saturated rings. The Kier molecular flexibility index (Phi) is 9.08. The minimum Gasteiger partial charge on any atom is -0.465 e. The summed E-state index contributed by atoms with van der Waals surface area (Å²) in [6.45, 7) is 3.80. The van der Waals surface area contributed by atoms with E-state index in [0.717, 1.165) is 5.56 Å². The number of esters is 2. The fourth-order valence-electron chi connectivity index (χ4n) is 2.35. The number of hydrogen-bond donors (Lipinski definition) is 0. The molecule has 1 rings (SSSR count). The zero-order chi connectivity index (χ0) is 18.0. The average Bonchev–Trinajstić information content (AvgIpc) is 2.54. The number of halogens is 2. The first-order valence-corrected chi connectivity index (χ1v) is 9.30. The summed E-state index contributed by atoms with van der Waals surface area (Å²) in [5, 5.41) is 1.18. The van der Waals surface area contributed by atoms with Crippen molar-refractivity contribution in [2.45, 2.75) is 26.7 Å². The third-order valence-electron chi connectivity index (χ3n) is 3.45. The zero-order valence-electron chi connectivity index (χ0n) is 13.9. The minimum atomic E-state index is -1.42. The number of allylic oxidation sites excluding steroid dienone is 2. The zero-order valence-corrected chi connectivity index (χ0v) is 16.2. The van der Waals surface area contributed by atoms with Crippen LogP contribution in [0.1, 0.15) is 25.8 Å². The fourth-order valence-corrected chi connectivity index (χ4v) is 2.83. The molecular formula is C18H22BrClO4. The van der Waals surface area contributed by atoms with Crippen LogP contribution >= 0.6 is 27.5 Å². The molecule has 132 valence electrons. The first kappa shape index (κ1) is 20.7. The van der Waals surface area contributed by atoms with E-state index in [1.807, 2.05) is 12.1 Å². The molecule has 0 aliphatic carbocycles. The van der Waals surface area contributed by atoms with Gasteiger partial charge >= 0.3 is 11.9 Å². The number of rotatable bonds is 9. The summed E-state index contributed by atoms with van der Waals surface area (Å²) >= 11 is 9.32. The molecule has 24 heavy (non-hydrogen) atoms. The Morgan fingerprint density at radius 3 is 2.29 bits per heavy atom. The third kappa shape index (κ3) is 5.64. The van der Waals surface area contributed by atoms with E-state index in [4.69, 9.17) is 21.1 Å². The molecule has 0 N–H and O–H groups in total. The Hall–Kier alpha value is -1.33. The molecule has 0 atom stereocenters. The molecule has 0 bridgehead atoms. The van der Waals surface area contributed by atoms with Crippen LogP contribution < -0.4 is 0 Å². The standard InChI is InChI=1S/C18H22BrClO4/c1-3-23-16(21)18(10-5-6-11-19,17(22)24-4-2)13-14-8-7-9-15(20)12-14/h5-9,12H,3-4,10-11,13H2,1-2H3/b6-5-. The van der Waals surface area contributed by atoms with Crippen LogP contribution in [0, 0.1) is 5.41 Å². The van der Waals surface area contributed by atoms with Crippen molar-refractivity contribution in [2.75, 3.05) is 18.5 Å². The molecule has 0 aliphatic rings. The first-order valence-electron chi connectivity index (χ1n) is 7.80. The molecule has 0 aromatic heterocycles. The maximum absolute atomic E-state index is 12.7. The number of carbonyl (C=O) groups is 2. The topological polar surface area (TPSA) is 52.6 Å². The van der Waals surface area contributed by atoms with Gasteiger partial charge in [-0.1, -0.05) is 51.8 Å². The van der Waals surface area contributed by atoms with Gasteiger partial charge in [-0.15, -0.1) is 0 Å². The van der Waals surface area contributed by atoms with Gasteiger partial charge in [0.2, 0.25) is 0 Å². The van der Waals surface area contributed by atoms with Crippen molar-refractivity contribution in [2.24, 2.45) is 5.41 Å². The summed E-state index contributed by atoms with van der Waals surface area (Å²) < 4.78 is 10.4. The molecule has 0 amide bonds. The Bertz CT molecular complexity index is 568.